The first-order valence-electron chi connectivity index (χ1n) is 8.54. The van der Waals surface area contributed by atoms with Gasteiger partial charge in [0.25, 0.3) is 0 Å². The largest absolute Gasteiger partial charge is 0.438 e. The van der Waals surface area contributed by atoms with Crippen molar-refractivity contribution in [2.24, 2.45) is 0 Å². The number of ether oxygens (including phenoxy) is 2. The average molecular weight is 352 g/mol. The zero-order valence-corrected chi connectivity index (χ0v) is 15.2. The van der Waals surface area contributed by atoms with Gasteiger partial charge in [0.2, 0.25) is 5.88 Å². The topological polar surface area (TPSA) is 79.1 Å². The lowest BCUT2D eigenvalue weighted by atomic mass is 9.95. The predicted octanol–water partition coefficient (Wildman–Crippen LogP) is 3.79. The number of hydrogen-bond donors (Lipinski definition) is 0. The third-order valence-electron chi connectivity index (χ3n) is 4.39. The van der Waals surface area contributed by atoms with Crippen LogP contribution >= 0.6 is 0 Å². The molecule has 0 radical (unpaired) electrons. The zero-order valence-electron chi connectivity index (χ0n) is 15.2. The van der Waals surface area contributed by atoms with E-state index in [0.29, 0.717) is 29.4 Å². The van der Waals surface area contributed by atoms with Crippen LogP contribution in [0.2, 0.25) is 0 Å². The fourth-order valence-electron chi connectivity index (χ4n) is 3.10. The van der Waals surface area contributed by atoms with Gasteiger partial charge in [-0.3, -0.25) is 4.79 Å². The second-order valence-corrected chi connectivity index (χ2v) is 7.52. The molecule has 0 fully saturated rings. The van der Waals surface area contributed by atoms with Crippen LogP contribution in [0.3, 0.4) is 0 Å². The molecule has 0 aliphatic carbocycles. The summed E-state index contributed by atoms with van der Waals surface area (Å²) in [4.78, 5) is 20.3. The van der Waals surface area contributed by atoms with E-state index in [9.17, 15) is 4.79 Å². The maximum Gasteiger partial charge on any atom is 0.311 e. The Morgan fingerprint density at radius 1 is 1.27 bits per heavy atom. The van der Waals surface area contributed by atoms with E-state index in [0.717, 1.165) is 10.9 Å². The molecule has 0 spiro atoms. The Labute approximate surface area is 151 Å². The van der Waals surface area contributed by atoms with Crippen molar-refractivity contribution in [2.45, 2.75) is 45.6 Å². The highest BCUT2D eigenvalue weighted by Crippen LogP contribution is 2.38. The third-order valence-corrected chi connectivity index (χ3v) is 4.39. The van der Waals surface area contributed by atoms with Crippen molar-refractivity contribution >= 4 is 17.0 Å². The molecule has 7 heteroatoms. The minimum Gasteiger partial charge on any atom is -0.438 e. The Balaban J connectivity index is 1.71. The molecular weight excluding hydrogens is 332 g/mol. The molecule has 1 unspecified atom stereocenters. The highest BCUT2D eigenvalue weighted by atomic mass is 16.5. The molecule has 134 valence electrons. The van der Waals surface area contributed by atoms with E-state index in [1.165, 1.54) is 6.33 Å². The number of hydrogen-bond acceptors (Lipinski definition) is 6. The molecule has 0 saturated carbocycles. The Morgan fingerprint density at radius 2 is 2.08 bits per heavy atom. The van der Waals surface area contributed by atoms with Crippen molar-refractivity contribution in [1.29, 1.82) is 0 Å². The quantitative estimate of drug-likeness (QED) is 0.516. The van der Waals surface area contributed by atoms with Crippen molar-refractivity contribution in [1.82, 2.24) is 19.7 Å². The van der Waals surface area contributed by atoms with Crippen LogP contribution in [0.5, 0.6) is 17.4 Å². The minimum atomic E-state index is -0.224. The summed E-state index contributed by atoms with van der Waals surface area (Å²) in [5, 5.41) is 5.15. The Morgan fingerprint density at radius 3 is 2.85 bits per heavy atom. The van der Waals surface area contributed by atoms with E-state index in [4.69, 9.17) is 9.47 Å². The summed E-state index contributed by atoms with van der Waals surface area (Å²) in [5.41, 5.74) is 1.51. The molecule has 1 atom stereocenters. The summed E-state index contributed by atoms with van der Waals surface area (Å²) in [6.07, 6.45) is 3.56. The Kier molecular flexibility index (Phi) is 3.68. The van der Waals surface area contributed by atoms with E-state index in [1.807, 2.05) is 23.7 Å². The lowest BCUT2D eigenvalue weighted by Crippen LogP contribution is -2.23. The monoisotopic (exact) mass is 352 g/mol. The van der Waals surface area contributed by atoms with Crippen LogP contribution in [0.15, 0.2) is 30.7 Å². The minimum absolute atomic E-state index is 0.135. The number of nitrogens with zero attached hydrogens (tertiary/aromatic N) is 4. The van der Waals surface area contributed by atoms with Gasteiger partial charge in [0.15, 0.2) is 5.65 Å². The van der Waals surface area contributed by atoms with Crippen molar-refractivity contribution in [2.75, 3.05) is 0 Å². The number of rotatable bonds is 2. The van der Waals surface area contributed by atoms with Crippen molar-refractivity contribution in [3.63, 3.8) is 0 Å². The van der Waals surface area contributed by atoms with E-state index in [1.54, 1.807) is 12.3 Å². The van der Waals surface area contributed by atoms with Gasteiger partial charge in [0.05, 0.1) is 18.2 Å². The Hall–Kier alpha value is -2.96. The van der Waals surface area contributed by atoms with Gasteiger partial charge in [-0.05, 0) is 38.3 Å². The lowest BCUT2D eigenvalue weighted by molar-refractivity contribution is -0.135. The predicted molar refractivity (Wildman–Crippen MR) is 95.5 cm³/mol. The van der Waals surface area contributed by atoms with Crippen molar-refractivity contribution < 1.29 is 14.3 Å². The molecule has 0 saturated heterocycles. The van der Waals surface area contributed by atoms with Gasteiger partial charge in [-0.15, -0.1) is 0 Å². The van der Waals surface area contributed by atoms with Crippen LogP contribution in [-0.4, -0.2) is 25.7 Å². The fraction of sp³-hybridized carbons (Fsp3) is 0.368. The average Bonchev–Trinajstić information content (AvgIpc) is 2.99. The molecule has 7 nitrogen and oxygen atoms in total. The SMILES string of the molecule is CC1CC(=O)Oc2cc(Oc3ncnc4c3cnn4C(C)(C)C)ccc21. The first-order chi connectivity index (χ1) is 12.3. The van der Waals surface area contributed by atoms with Gasteiger partial charge in [-0.1, -0.05) is 13.0 Å². The maximum atomic E-state index is 11.7. The van der Waals surface area contributed by atoms with Gasteiger partial charge in [0, 0.05) is 6.07 Å². The van der Waals surface area contributed by atoms with Crippen molar-refractivity contribution in [3.8, 4) is 17.4 Å². The lowest BCUT2D eigenvalue weighted by Gasteiger charge is -2.21. The molecule has 4 rings (SSSR count). The van der Waals surface area contributed by atoms with E-state index in [-0.39, 0.29) is 17.4 Å². The summed E-state index contributed by atoms with van der Waals surface area (Å²) in [7, 11) is 0. The van der Waals surface area contributed by atoms with E-state index < -0.39 is 0 Å². The number of fused-ring (bicyclic) bond motifs is 2. The summed E-state index contributed by atoms with van der Waals surface area (Å²) < 4.78 is 13.1. The molecule has 1 aliphatic heterocycles. The molecule has 2 aromatic heterocycles. The van der Waals surface area contributed by atoms with Gasteiger partial charge in [0.1, 0.15) is 23.2 Å². The zero-order chi connectivity index (χ0) is 18.5. The number of aromatic nitrogens is 4. The second kappa shape index (κ2) is 5.79. The number of benzene rings is 1. The molecule has 0 N–H and O–H groups in total. The molecule has 0 amide bonds. The normalized spacial score (nSPS) is 17.1. The fourth-order valence-corrected chi connectivity index (χ4v) is 3.10. The summed E-state index contributed by atoms with van der Waals surface area (Å²) >= 11 is 0. The molecule has 0 bridgehead atoms. The molecule has 1 aromatic carbocycles. The number of esters is 1. The first kappa shape index (κ1) is 16.5. The second-order valence-electron chi connectivity index (χ2n) is 7.52. The van der Waals surface area contributed by atoms with Crippen LogP contribution < -0.4 is 9.47 Å². The van der Waals surface area contributed by atoms with Gasteiger partial charge < -0.3 is 9.47 Å². The summed E-state index contributed by atoms with van der Waals surface area (Å²) in [6.45, 7) is 8.18. The molecule has 3 aromatic rings. The molecular formula is C19H20N4O3. The smallest absolute Gasteiger partial charge is 0.311 e. The molecule has 26 heavy (non-hydrogen) atoms. The van der Waals surface area contributed by atoms with E-state index in [2.05, 4.69) is 35.8 Å². The third kappa shape index (κ3) is 2.79. The summed E-state index contributed by atoms with van der Waals surface area (Å²) in [6, 6.07) is 5.51. The van der Waals surface area contributed by atoms with Crippen LogP contribution in [-0.2, 0) is 10.3 Å². The van der Waals surface area contributed by atoms with Gasteiger partial charge in [-0.2, -0.15) is 5.10 Å². The maximum absolute atomic E-state index is 11.7. The van der Waals surface area contributed by atoms with Crippen LogP contribution in [0.25, 0.3) is 11.0 Å². The van der Waals surface area contributed by atoms with Crippen LogP contribution in [0, 0.1) is 0 Å². The first-order valence-corrected chi connectivity index (χ1v) is 8.54. The highest BCUT2D eigenvalue weighted by Gasteiger charge is 2.25. The molecule has 3 heterocycles. The highest BCUT2D eigenvalue weighted by molar-refractivity contribution is 5.80. The van der Waals surface area contributed by atoms with Crippen LogP contribution in [0.1, 0.15) is 45.6 Å². The Bertz CT molecular complexity index is 1000. The number of carbonyl (C=O) groups is 1. The standard InChI is InChI=1S/C19H20N4O3/c1-11-7-16(24)26-15-8-12(5-6-13(11)15)25-18-14-9-22-23(19(2,3)4)17(14)20-10-21-18/h5-6,8-11H,7H2,1-4H3. The van der Waals surface area contributed by atoms with Gasteiger partial charge in [-0.25, -0.2) is 14.6 Å². The number of carbonyl (C=O) groups excluding carboxylic acids is 1. The van der Waals surface area contributed by atoms with E-state index >= 15 is 0 Å². The summed E-state index contributed by atoms with van der Waals surface area (Å²) in [5.74, 6) is 1.42. The van der Waals surface area contributed by atoms with Gasteiger partial charge >= 0.3 is 5.97 Å². The van der Waals surface area contributed by atoms with Crippen molar-refractivity contribution in [3.05, 3.63) is 36.3 Å². The molecule has 1 aliphatic rings. The van der Waals surface area contributed by atoms with Crippen LogP contribution in [0.4, 0.5) is 0 Å².